The average Bonchev–Trinajstić information content (AvgIpc) is 2.18. The maximum absolute atomic E-state index is 6.32. The van der Waals surface area contributed by atoms with Crippen LogP contribution in [0.2, 0.25) is 0 Å². The molecule has 2 heteroatoms. The molecule has 1 fully saturated rings. The van der Waals surface area contributed by atoms with Gasteiger partial charge in [0, 0.05) is 12.1 Å². The van der Waals surface area contributed by atoms with Gasteiger partial charge in [-0.1, -0.05) is 39.5 Å². The largest absolute Gasteiger partial charge is 0.324 e. The minimum absolute atomic E-state index is 0.103. The Labute approximate surface area is 88.6 Å². The van der Waals surface area contributed by atoms with Crippen LogP contribution in [0.15, 0.2) is 0 Å². The lowest BCUT2D eigenvalue weighted by Crippen LogP contribution is -2.50. The topological polar surface area (TPSA) is 38.0 Å². The van der Waals surface area contributed by atoms with Crippen molar-refractivity contribution in [2.45, 2.75) is 57.9 Å². The van der Waals surface area contributed by atoms with Crippen LogP contribution in [0.5, 0.6) is 0 Å². The average molecular weight is 198 g/mol. The van der Waals surface area contributed by atoms with Gasteiger partial charge in [0.1, 0.15) is 0 Å². The fourth-order valence-corrected chi connectivity index (χ4v) is 2.14. The third-order valence-electron chi connectivity index (χ3n) is 3.52. The number of rotatable bonds is 5. The quantitative estimate of drug-likeness (QED) is 0.711. The predicted octanol–water partition coefficient (Wildman–Crippen LogP) is 2.28. The third kappa shape index (κ3) is 3.97. The Morgan fingerprint density at radius 2 is 1.93 bits per heavy atom. The first-order valence-electron chi connectivity index (χ1n) is 6.16. The summed E-state index contributed by atoms with van der Waals surface area (Å²) < 4.78 is 0. The fraction of sp³-hybridized carbons (Fsp3) is 1.00. The molecule has 0 spiro atoms. The van der Waals surface area contributed by atoms with E-state index in [2.05, 4.69) is 19.2 Å². The van der Waals surface area contributed by atoms with Crippen molar-refractivity contribution in [1.29, 1.82) is 0 Å². The minimum Gasteiger partial charge on any atom is -0.324 e. The Kier molecular flexibility index (Phi) is 4.90. The van der Waals surface area contributed by atoms with E-state index >= 15 is 0 Å². The van der Waals surface area contributed by atoms with Crippen LogP contribution in [-0.2, 0) is 0 Å². The molecule has 0 amide bonds. The predicted molar refractivity (Wildman–Crippen MR) is 62.3 cm³/mol. The summed E-state index contributed by atoms with van der Waals surface area (Å²) in [6, 6.07) is 0. The highest BCUT2D eigenvalue weighted by atomic mass is 14.9. The molecule has 0 aliphatic heterocycles. The molecular weight excluding hydrogens is 172 g/mol. The molecule has 14 heavy (non-hydrogen) atoms. The van der Waals surface area contributed by atoms with E-state index in [1.165, 1.54) is 38.5 Å². The van der Waals surface area contributed by atoms with Crippen LogP contribution >= 0.6 is 0 Å². The van der Waals surface area contributed by atoms with Crippen LogP contribution in [0.1, 0.15) is 52.4 Å². The Morgan fingerprint density at radius 1 is 1.29 bits per heavy atom. The van der Waals surface area contributed by atoms with Gasteiger partial charge < -0.3 is 11.1 Å². The molecular formula is C12H26N2. The molecule has 1 saturated carbocycles. The molecule has 1 unspecified atom stereocenters. The lowest BCUT2D eigenvalue weighted by Gasteiger charge is -2.34. The Hall–Kier alpha value is -0.0800. The maximum Gasteiger partial charge on any atom is 0.0280 e. The molecule has 0 saturated heterocycles. The van der Waals surface area contributed by atoms with E-state index in [9.17, 15) is 0 Å². The first-order valence-corrected chi connectivity index (χ1v) is 6.16. The molecule has 1 atom stereocenters. The summed E-state index contributed by atoms with van der Waals surface area (Å²) in [4.78, 5) is 0. The molecule has 0 radical (unpaired) electrons. The van der Waals surface area contributed by atoms with Crippen molar-refractivity contribution in [1.82, 2.24) is 5.32 Å². The first-order chi connectivity index (χ1) is 6.66. The van der Waals surface area contributed by atoms with Gasteiger partial charge >= 0.3 is 0 Å². The highest BCUT2D eigenvalue weighted by Gasteiger charge is 2.26. The van der Waals surface area contributed by atoms with Crippen LogP contribution < -0.4 is 11.1 Å². The summed E-state index contributed by atoms with van der Waals surface area (Å²) in [7, 11) is 0. The zero-order valence-corrected chi connectivity index (χ0v) is 9.81. The van der Waals surface area contributed by atoms with Crippen molar-refractivity contribution in [3.05, 3.63) is 0 Å². The van der Waals surface area contributed by atoms with E-state index in [4.69, 9.17) is 5.73 Å². The highest BCUT2D eigenvalue weighted by Crippen LogP contribution is 2.25. The Bertz CT molecular complexity index is 150. The van der Waals surface area contributed by atoms with Gasteiger partial charge in [-0.2, -0.15) is 0 Å². The van der Waals surface area contributed by atoms with Crippen molar-refractivity contribution >= 4 is 0 Å². The van der Waals surface area contributed by atoms with Crippen molar-refractivity contribution in [3.63, 3.8) is 0 Å². The molecule has 0 aromatic carbocycles. The van der Waals surface area contributed by atoms with E-state index < -0.39 is 0 Å². The molecule has 0 heterocycles. The van der Waals surface area contributed by atoms with Gasteiger partial charge in [-0.05, 0) is 25.3 Å². The second-order valence-electron chi connectivity index (χ2n) is 5.07. The summed E-state index contributed by atoms with van der Waals surface area (Å²) in [5, 5.41) is 3.52. The second-order valence-corrected chi connectivity index (χ2v) is 5.07. The van der Waals surface area contributed by atoms with Crippen molar-refractivity contribution in [2.24, 2.45) is 11.7 Å². The van der Waals surface area contributed by atoms with Crippen LogP contribution in [0.25, 0.3) is 0 Å². The Morgan fingerprint density at radius 3 is 2.50 bits per heavy atom. The van der Waals surface area contributed by atoms with Gasteiger partial charge in [-0.25, -0.2) is 0 Å². The van der Waals surface area contributed by atoms with Crippen molar-refractivity contribution < 1.29 is 0 Å². The molecule has 0 bridgehead atoms. The highest BCUT2D eigenvalue weighted by molar-refractivity contribution is 4.89. The SMILES string of the molecule is CCC(C)CNCC1(N)CCCCC1. The zero-order valence-electron chi connectivity index (χ0n) is 9.81. The standard InChI is InChI=1S/C12H26N2/c1-3-11(2)9-14-10-12(13)7-5-4-6-8-12/h11,14H,3-10,13H2,1-2H3. The number of nitrogens with two attached hydrogens (primary N) is 1. The lowest BCUT2D eigenvalue weighted by molar-refractivity contribution is 0.278. The van der Waals surface area contributed by atoms with Gasteiger partial charge in [0.15, 0.2) is 0 Å². The van der Waals surface area contributed by atoms with Crippen LogP contribution in [0.4, 0.5) is 0 Å². The van der Waals surface area contributed by atoms with E-state index in [1.54, 1.807) is 0 Å². The number of hydrogen-bond donors (Lipinski definition) is 2. The summed E-state index contributed by atoms with van der Waals surface area (Å²) >= 11 is 0. The van der Waals surface area contributed by atoms with Crippen LogP contribution in [-0.4, -0.2) is 18.6 Å². The van der Waals surface area contributed by atoms with Crippen molar-refractivity contribution in [2.75, 3.05) is 13.1 Å². The monoisotopic (exact) mass is 198 g/mol. The van der Waals surface area contributed by atoms with E-state index in [0.717, 1.165) is 19.0 Å². The molecule has 0 aromatic heterocycles. The van der Waals surface area contributed by atoms with Crippen LogP contribution in [0, 0.1) is 5.92 Å². The fourth-order valence-electron chi connectivity index (χ4n) is 2.14. The minimum atomic E-state index is 0.103. The normalized spacial score (nSPS) is 23.4. The second kappa shape index (κ2) is 5.72. The third-order valence-corrected chi connectivity index (χ3v) is 3.52. The lowest BCUT2D eigenvalue weighted by atomic mass is 9.82. The molecule has 84 valence electrons. The number of nitrogens with one attached hydrogen (secondary N) is 1. The molecule has 0 aromatic rings. The van der Waals surface area contributed by atoms with Gasteiger partial charge in [-0.15, -0.1) is 0 Å². The smallest absolute Gasteiger partial charge is 0.0280 e. The molecule has 2 nitrogen and oxygen atoms in total. The van der Waals surface area contributed by atoms with Gasteiger partial charge in [0.05, 0.1) is 0 Å². The molecule has 1 aliphatic rings. The summed E-state index contributed by atoms with van der Waals surface area (Å²) in [5.41, 5.74) is 6.43. The van der Waals surface area contributed by atoms with E-state index in [0.29, 0.717) is 0 Å². The summed E-state index contributed by atoms with van der Waals surface area (Å²) in [6.07, 6.45) is 7.69. The summed E-state index contributed by atoms with van der Waals surface area (Å²) in [6.45, 7) is 6.66. The van der Waals surface area contributed by atoms with Crippen molar-refractivity contribution in [3.8, 4) is 0 Å². The first kappa shape index (κ1) is 12.0. The van der Waals surface area contributed by atoms with Gasteiger partial charge in [-0.3, -0.25) is 0 Å². The molecule has 3 N–H and O–H groups in total. The molecule has 1 aliphatic carbocycles. The van der Waals surface area contributed by atoms with Gasteiger partial charge in [0.2, 0.25) is 0 Å². The van der Waals surface area contributed by atoms with E-state index in [-0.39, 0.29) is 5.54 Å². The maximum atomic E-state index is 6.32. The van der Waals surface area contributed by atoms with E-state index in [1.807, 2.05) is 0 Å². The van der Waals surface area contributed by atoms with Gasteiger partial charge in [0.25, 0.3) is 0 Å². The van der Waals surface area contributed by atoms with Crippen LogP contribution in [0.3, 0.4) is 0 Å². The summed E-state index contributed by atoms with van der Waals surface area (Å²) in [5.74, 6) is 0.780. The molecule has 1 rings (SSSR count). The Balaban J connectivity index is 2.15. The number of hydrogen-bond acceptors (Lipinski definition) is 2. The zero-order chi connectivity index (χ0) is 10.4.